The van der Waals surface area contributed by atoms with Crippen molar-refractivity contribution in [3.63, 3.8) is 0 Å². The number of thioether (sulfide) groups is 1. The molecule has 72 valence electrons. The fourth-order valence-electron chi connectivity index (χ4n) is 2.19. The van der Waals surface area contributed by atoms with Crippen LogP contribution in [0.3, 0.4) is 0 Å². The molecule has 0 aliphatic heterocycles. The highest BCUT2D eigenvalue weighted by Gasteiger charge is 2.15. The van der Waals surface area contributed by atoms with E-state index < -0.39 is 0 Å². The summed E-state index contributed by atoms with van der Waals surface area (Å²) in [6, 6.07) is 0. The van der Waals surface area contributed by atoms with Crippen LogP contribution in [0.2, 0.25) is 0 Å². The van der Waals surface area contributed by atoms with Crippen LogP contribution in [0.15, 0.2) is 0 Å². The van der Waals surface area contributed by atoms with Crippen molar-refractivity contribution in [3.8, 4) is 0 Å². The van der Waals surface area contributed by atoms with E-state index >= 15 is 0 Å². The Labute approximate surface area is 81.5 Å². The Morgan fingerprint density at radius 1 is 1.33 bits per heavy atom. The average molecular weight is 186 g/mol. The fourth-order valence-corrected chi connectivity index (χ4v) is 2.92. The van der Waals surface area contributed by atoms with Gasteiger partial charge in [-0.2, -0.15) is 11.8 Å². The number of hydrogen-bond donors (Lipinski definition) is 0. The van der Waals surface area contributed by atoms with Crippen LogP contribution < -0.4 is 0 Å². The highest BCUT2D eigenvalue weighted by atomic mass is 32.2. The lowest BCUT2D eigenvalue weighted by Crippen LogP contribution is -2.02. The minimum absolute atomic E-state index is 0.945. The fraction of sp³-hybridized carbons (Fsp3) is 1.00. The molecule has 1 heteroatoms. The van der Waals surface area contributed by atoms with Gasteiger partial charge in [0, 0.05) is 0 Å². The van der Waals surface area contributed by atoms with Crippen LogP contribution in [0, 0.1) is 11.8 Å². The zero-order valence-electron chi connectivity index (χ0n) is 8.51. The van der Waals surface area contributed by atoms with Gasteiger partial charge in [0.15, 0.2) is 0 Å². The molecule has 1 saturated carbocycles. The van der Waals surface area contributed by atoms with Crippen LogP contribution in [-0.4, -0.2) is 12.0 Å². The van der Waals surface area contributed by atoms with Crippen molar-refractivity contribution in [2.75, 3.05) is 12.0 Å². The third-order valence-electron chi connectivity index (χ3n) is 2.99. The predicted octanol–water partition coefficient (Wildman–Crippen LogP) is 3.96. The maximum atomic E-state index is 2.39. The summed E-state index contributed by atoms with van der Waals surface area (Å²) in [6.07, 6.45) is 11.2. The van der Waals surface area contributed by atoms with Gasteiger partial charge in [0.2, 0.25) is 0 Å². The molecule has 0 amide bonds. The Kier molecular flexibility index (Phi) is 5.13. The summed E-state index contributed by atoms with van der Waals surface area (Å²) in [7, 11) is 0. The van der Waals surface area contributed by atoms with Crippen molar-refractivity contribution in [1.82, 2.24) is 0 Å². The first kappa shape index (κ1) is 10.4. The van der Waals surface area contributed by atoms with Gasteiger partial charge in [-0.25, -0.2) is 0 Å². The molecule has 0 saturated heterocycles. The van der Waals surface area contributed by atoms with Crippen molar-refractivity contribution >= 4 is 11.8 Å². The molecule has 12 heavy (non-hydrogen) atoms. The predicted molar refractivity (Wildman–Crippen MR) is 58.7 cm³/mol. The van der Waals surface area contributed by atoms with Crippen LogP contribution >= 0.6 is 11.8 Å². The van der Waals surface area contributed by atoms with Crippen molar-refractivity contribution in [2.24, 2.45) is 11.8 Å². The molecule has 1 atom stereocenters. The molecule has 0 aromatic heterocycles. The summed E-state index contributed by atoms with van der Waals surface area (Å²) < 4.78 is 0. The highest BCUT2D eigenvalue weighted by molar-refractivity contribution is 7.98. The van der Waals surface area contributed by atoms with Crippen molar-refractivity contribution in [3.05, 3.63) is 0 Å². The van der Waals surface area contributed by atoms with E-state index in [-0.39, 0.29) is 0 Å². The number of rotatable bonds is 5. The Morgan fingerprint density at radius 2 is 2.00 bits per heavy atom. The maximum Gasteiger partial charge on any atom is -0.00445 e. The van der Waals surface area contributed by atoms with Crippen LogP contribution in [0.4, 0.5) is 0 Å². The van der Waals surface area contributed by atoms with Crippen LogP contribution in [0.1, 0.15) is 45.4 Å². The van der Waals surface area contributed by atoms with E-state index in [1.54, 1.807) is 0 Å². The smallest absolute Gasteiger partial charge is 0.00445 e. The normalized spacial score (nSPS) is 21.5. The molecular weight excluding hydrogens is 164 g/mol. The highest BCUT2D eigenvalue weighted by Crippen LogP contribution is 2.30. The monoisotopic (exact) mass is 186 g/mol. The molecule has 1 fully saturated rings. The first-order chi connectivity index (χ1) is 5.83. The quantitative estimate of drug-likeness (QED) is 0.626. The Morgan fingerprint density at radius 3 is 2.58 bits per heavy atom. The van der Waals surface area contributed by atoms with Gasteiger partial charge < -0.3 is 0 Å². The second kappa shape index (κ2) is 5.90. The standard InChI is InChI=1S/C11H22S/c1-10(9-12-2)7-8-11-5-3-4-6-11/h10-11H,3-9H2,1-2H3. The van der Waals surface area contributed by atoms with Crippen molar-refractivity contribution in [1.29, 1.82) is 0 Å². The topological polar surface area (TPSA) is 0 Å². The van der Waals surface area contributed by atoms with Crippen molar-refractivity contribution in [2.45, 2.75) is 45.4 Å². The van der Waals surface area contributed by atoms with Crippen LogP contribution in [-0.2, 0) is 0 Å². The van der Waals surface area contributed by atoms with Gasteiger partial charge in [-0.3, -0.25) is 0 Å². The van der Waals surface area contributed by atoms with Gasteiger partial charge in [0.05, 0.1) is 0 Å². The SMILES string of the molecule is CSCC(C)CCC1CCCC1. The lowest BCUT2D eigenvalue weighted by Gasteiger charge is -2.13. The van der Waals surface area contributed by atoms with Crippen LogP contribution in [0.5, 0.6) is 0 Å². The Bertz CT molecular complexity index is 106. The molecule has 1 aliphatic rings. The van der Waals surface area contributed by atoms with Gasteiger partial charge in [-0.1, -0.05) is 39.0 Å². The lowest BCUT2D eigenvalue weighted by molar-refractivity contribution is 0.436. The molecule has 0 spiro atoms. The molecule has 0 heterocycles. The van der Waals surface area contributed by atoms with E-state index in [4.69, 9.17) is 0 Å². The molecular formula is C11H22S. The van der Waals surface area contributed by atoms with Crippen molar-refractivity contribution < 1.29 is 0 Å². The molecule has 0 bridgehead atoms. The maximum absolute atomic E-state index is 2.39. The average Bonchev–Trinajstić information content (AvgIpc) is 2.53. The summed E-state index contributed by atoms with van der Waals surface area (Å²) in [4.78, 5) is 0. The third kappa shape index (κ3) is 3.84. The summed E-state index contributed by atoms with van der Waals surface area (Å²) in [5, 5.41) is 0. The minimum atomic E-state index is 0.945. The zero-order chi connectivity index (χ0) is 8.81. The Balaban J connectivity index is 1.99. The molecule has 0 radical (unpaired) electrons. The first-order valence-corrected chi connectivity index (χ1v) is 6.71. The second-order valence-electron chi connectivity index (χ2n) is 4.29. The van der Waals surface area contributed by atoms with E-state index in [0.717, 1.165) is 11.8 Å². The summed E-state index contributed by atoms with van der Waals surface area (Å²) in [5.41, 5.74) is 0. The molecule has 1 rings (SSSR count). The lowest BCUT2D eigenvalue weighted by atomic mass is 9.97. The second-order valence-corrected chi connectivity index (χ2v) is 5.20. The summed E-state index contributed by atoms with van der Waals surface area (Å²) in [5.74, 6) is 3.39. The van der Waals surface area contributed by atoms with E-state index in [0.29, 0.717) is 0 Å². The third-order valence-corrected chi connectivity index (χ3v) is 3.90. The molecule has 1 unspecified atom stereocenters. The van der Waals surface area contributed by atoms with Gasteiger partial charge in [0.25, 0.3) is 0 Å². The number of hydrogen-bond acceptors (Lipinski definition) is 1. The largest absolute Gasteiger partial charge is 0.165 e. The molecule has 0 aromatic carbocycles. The molecule has 0 N–H and O–H groups in total. The van der Waals surface area contributed by atoms with Crippen LogP contribution in [0.25, 0.3) is 0 Å². The summed E-state index contributed by atoms with van der Waals surface area (Å²) >= 11 is 1.99. The molecule has 0 aromatic rings. The van der Waals surface area contributed by atoms with E-state index in [1.807, 2.05) is 11.8 Å². The van der Waals surface area contributed by atoms with E-state index in [2.05, 4.69) is 13.2 Å². The molecule has 1 aliphatic carbocycles. The van der Waals surface area contributed by atoms with E-state index in [1.165, 1.54) is 44.3 Å². The van der Waals surface area contributed by atoms with Gasteiger partial charge in [-0.05, 0) is 30.3 Å². The molecule has 0 nitrogen and oxygen atoms in total. The Hall–Kier alpha value is 0.350. The zero-order valence-corrected chi connectivity index (χ0v) is 9.33. The van der Waals surface area contributed by atoms with Gasteiger partial charge in [0.1, 0.15) is 0 Å². The van der Waals surface area contributed by atoms with Gasteiger partial charge >= 0.3 is 0 Å². The minimum Gasteiger partial charge on any atom is -0.165 e. The van der Waals surface area contributed by atoms with Gasteiger partial charge in [-0.15, -0.1) is 0 Å². The first-order valence-electron chi connectivity index (χ1n) is 5.32. The summed E-state index contributed by atoms with van der Waals surface area (Å²) in [6.45, 7) is 2.39. The van der Waals surface area contributed by atoms with E-state index in [9.17, 15) is 0 Å².